The summed E-state index contributed by atoms with van der Waals surface area (Å²) in [6.45, 7) is 4.84. The summed E-state index contributed by atoms with van der Waals surface area (Å²) in [5.74, 6) is -0.0486. The van der Waals surface area contributed by atoms with E-state index in [4.69, 9.17) is 0 Å². The van der Waals surface area contributed by atoms with Crippen LogP contribution in [0.3, 0.4) is 0 Å². The lowest BCUT2D eigenvalue weighted by atomic mass is 10.1. The number of hydrogen-bond donors (Lipinski definition) is 2. The first-order chi connectivity index (χ1) is 13.9. The second-order valence-corrected chi connectivity index (χ2v) is 7.61. The second kappa shape index (κ2) is 9.37. The van der Waals surface area contributed by atoms with Gasteiger partial charge in [-0.1, -0.05) is 38.1 Å². The third-order valence-electron chi connectivity index (χ3n) is 4.89. The number of nitrogens with zero attached hydrogens (tertiary/aromatic N) is 1. The molecule has 3 rings (SSSR count). The van der Waals surface area contributed by atoms with Crippen LogP contribution in [0.4, 0.5) is 11.4 Å². The molecule has 0 radical (unpaired) electrons. The molecule has 0 aliphatic carbocycles. The number of hydrogen-bond acceptors (Lipinski definition) is 3. The molecule has 6 heteroatoms. The van der Waals surface area contributed by atoms with Gasteiger partial charge in [0, 0.05) is 36.8 Å². The van der Waals surface area contributed by atoms with E-state index in [0.717, 1.165) is 35.5 Å². The zero-order valence-corrected chi connectivity index (χ0v) is 16.9. The van der Waals surface area contributed by atoms with Crippen molar-refractivity contribution in [2.45, 2.75) is 39.7 Å². The van der Waals surface area contributed by atoms with E-state index in [0.29, 0.717) is 13.0 Å². The van der Waals surface area contributed by atoms with E-state index in [9.17, 15) is 14.4 Å². The van der Waals surface area contributed by atoms with Gasteiger partial charge in [0.05, 0.1) is 6.42 Å². The first kappa shape index (κ1) is 20.6. The Bertz CT molecular complexity index is 890. The molecule has 152 valence electrons. The first-order valence-corrected chi connectivity index (χ1v) is 9.98. The molecule has 2 aromatic rings. The average molecular weight is 393 g/mol. The maximum absolute atomic E-state index is 12.3. The summed E-state index contributed by atoms with van der Waals surface area (Å²) in [4.78, 5) is 37.7. The zero-order chi connectivity index (χ0) is 20.8. The summed E-state index contributed by atoms with van der Waals surface area (Å²) < 4.78 is 0. The van der Waals surface area contributed by atoms with E-state index in [-0.39, 0.29) is 30.1 Å². The topological polar surface area (TPSA) is 78.5 Å². The molecule has 0 bridgehead atoms. The van der Waals surface area contributed by atoms with Gasteiger partial charge in [0.15, 0.2) is 0 Å². The molecule has 6 nitrogen and oxygen atoms in total. The fourth-order valence-electron chi connectivity index (χ4n) is 3.21. The van der Waals surface area contributed by atoms with Crippen molar-refractivity contribution in [3.63, 3.8) is 0 Å². The minimum Gasteiger partial charge on any atom is -0.352 e. The van der Waals surface area contributed by atoms with Crippen molar-refractivity contribution in [2.24, 2.45) is 5.92 Å². The fourth-order valence-corrected chi connectivity index (χ4v) is 3.21. The van der Waals surface area contributed by atoms with E-state index < -0.39 is 0 Å². The molecule has 2 aromatic carbocycles. The Morgan fingerprint density at radius 1 is 1.07 bits per heavy atom. The van der Waals surface area contributed by atoms with Crippen LogP contribution < -0.4 is 15.5 Å². The zero-order valence-electron chi connectivity index (χ0n) is 16.9. The molecular weight excluding hydrogens is 366 g/mol. The molecule has 1 fully saturated rings. The molecule has 2 N–H and O–H groups in total. The van der Waals surface area contributed by atoms with E-state index in [1.807, 2.05) is 62.4 Å². The van der Waals surface area contributed by atoms with Crippen LogP contribution in [-0.4, -0.2) is 24.3 Å². The lowest BCUT2D eigenvalue weighted by Gasteiger charge is -2.16. The molecule has 1 heterocycles. The van der Waals surface area contributed by atoms with Gasteiger partial charge in [-0.25, -0.2) is 0 Å². The van der Waals surface area contributed by atoms with Crippen molar-refractivity contribution >= 4 is 29.1 Å². The summed E-state index contributed by atoms with van der Waals surface area (Å²) in [5.41, 5.74) is 3.43. The van der Waals surface area contributed by atoms with Crippen LogP contribution >= 0.6 is 0 Å². The number of carbonyl (C=O) groups excluding carboxylic acids is 3. The quantitative estimate of drug-likeness (QED) is 0.758. The average Bonchev–Trinajstić information content (AvgIpc) is 3.13. The van der Waals surface area contributed by atoms with Crippen LogP contribution in [0.2, 0.25) is 0 Å². The molecule has 0 aromatic heterocycles. The lowest BCUT2D eigenvalue weighted by Crippen LogP contribution is -2.25. The van der Waals surface area contributed by atoms with Crippen LogP contribution in [0.5, 0.6) is 0 Å². The Morgan fingerprint density at radius 2 is 1.83 bits per heavy atom. The third-order valence-corrected chi connectivity index (χ3v) is 4.89. The summed E-state index contributed by atoms with van der Waals surface area (Å²) in [6.07, 6.45) is 1.77. The summed E-state index contributed by atoms with van der Waals surface area (Å²) in [5, 5.41) is 5.77. The van der Waals surface area contributed by atoms with Crippen molar-refractivity contribution in [3.05, 3.63) is 59.7 Å². The summed E-state index contributed by atoms with van der Waals surface area (Å²) in [7, 11) is 0. The van der Waals surface area contributed by atoms with Crippen LogP contribution in [0, 0.1) is 5.92 Å². The Balaban J connectivity index is 1.51. The molecule has 1 aliphatic rings. The van der Waals surface area contributed by atoms with E-state index in [2.05, 4.69) is 10.6 Å². The Kier molecular flexibility index (Phi) is 6.65. The number of rotatable bonds is 7. The smallest absolute Gasteiger partial charge is 0.227 e. The molecule has 1 saturated heterocycles. The minimum atomic E-state index is -0.0895. The van der Waals surface area contributed by atoms with Gasteiger partial charge < -0.3 is 15.5 Å². The van der Waals surface area contributed by atoms with Crippen LogP contribution in [0.15, 0.2) is 48.5 Å². The van der Waals surface area contributed by atoms with Gasteiger partial charge in [0.1, 0.15) is 0 Å². The van der Waals surface area contributed by atoms with Gasteiger partial charge in [-0.05, 0) is 41.8 Å². The highest BCUT2D eigenvalue weighted by Crippen LogP contribution is 2.21. The lowest BCUT2D eigenvalue weighted by molar-refractivity contribution is -0.121. The van der Waals surface area contributed by atoms with Crippen molar-refractivity contribution in [1.82, 2.24) is 5.32 Å². The summed E-state index contributed by atoms with van der Waals surface area (Å²) >= 11 is 0. The molecule has 0 atom stereocenters. The largest absolute Gasteiger partial charge is 0.352 e. The van der Waals surface area contributed by atoms with Gasteiger partial charge in [-0.15, -0.1) is 0 Å². The highest BCUT2D eigenvalue weighted by molar-refractivity contribution is 5.95. The number of carbonyl (C=O) groups is 3. The van der Waals surface area contributed by atoms with Gasteiger partial charge in [-0.3, -0.25) is 14.4 Å². The van der Waals surface area contributed by atoms with Crippen molar-refractivity contribution in [2.75, 3.05) is 16.8 Å². The number of anilines is 2. The highest BCUT2D eigenvalue weighted by atomic mass is 16.2. The highest BCUT2D eigenvalue weighted by Gasteiger charge is 2.21. The normalized spacial score (nSPS) is 13.6. The third kappa shape index (κ3) is 5.67. The number of benzene rings is 2. The van der Waals surface area contributed by atoms with E-state index in [1.54, 1.807) is 4.90 Å². The first-order valence-electron chi connectivity index (χ1n) is 9.98. The van der Waals surface area contributed by atoms with Crippen molar-refractivity contribution in [3.8, 4) is 0 Å². The van der Waals surface area contributed by atoms with Crippen LogP contribution in [0.25, 0.3) is 0 Å². The van der Waals surface area contributed by atoms with Gasteiger partial charge >= 0.3 is 0 Å². The van der Waals surface area contributed by atoms with Crippen LogP contribution in [0.1, 0.15) is 37.8 Å². The van der Waals surface area contributed by atoms with Crippen molar-refractivity contribution < 1.29 is 14.4 Å². The van der Waals surface area contributed by atoms with Gasteiger partial charge in [-0.2, -0.15) is 0 Å². The predicted octanol–water partition coefficient (Wildman–Crippen LogP) is 3.27. The number of amides is 3. The van der Waals surface area contributed by atoms with Gasteiger partial charge in [0.25, 0.3) is 0 Å². The maximum Gasteiger partial charge on any atom is 0.227 e. The SMILES string of the molecule is CC(C)C(=O)Nc1cccc(CNC(=O)Cc2ccc(N3CCCC3=O)cc2)c1. The molecule has 0 unspecified atom stereocenters. The maximum atomic E-state index is 12.3. The van der Waals surface area contributed by atoms with Crippen LogP contribution in [-0.2, 0) is 27.3 Å². The second-order valence-electron chi connectivity index (χ2n) is 7.61. The Labute approximate surface area is 171 Å². The molecule has 0 spiro atoms. The van der Waals surface area contributed by atoms with Crippen molar-refractivity contribution in [1.29, 1.82) is 0 Å². The minimum absolute atomic E-state index is 0.0368. The summed E-state index contributed by atoms with van der Waals surface area (Å²) in [6, 6.07) is 15.0. The Morgan fingerprint density at radius 3 is 2.48 bits per heavy atom. The van der Waals surface area contributed by atoms with E-state index in [1.165, 1.54) is 0 Å². The Hall–Kier alpha value is -3.15. The van der Waals surface area contributed by atoms with Gasteiger partial charge in [0.2, 0.25) is 17.7 Å². The fraction of sp³-hybridized carbons (Fsp3) is 0.348. The molecule has 3 amide bonds. The predicted molar refractivity (Wildman–Crippen MR) is 113 cm³/mol. The monoisotopic (exact) mass is 393 g/mol. The standard InChI is InChI=1S/C23H27N3O3/c1-16(2)23(29)25-19-6-3-5-18(13-19)15-24-21(27)14-17-8-10-20(11-9-17)26-12-4-7-22(26)28/h3,5-6,8-11,13,16H,4,7,12,14-15H2,1-2H3,(H,24,27)(H,25,29). The number of nitrogens with one attached hydrogen (secondary N) is 2. The molecule has 0 saturated carbocycles. The molecular formula is C23H27N3O3. The molecule has 1 aliphatic heterocycles. The van der Waals surface area contributed by atoms with E-state index >= 15 is 0 Å². The molecule has 29 heavy (non-hydrogen) atoms.